The maximum absolute atomic E-state index is 12.1. The smallest absolute Gasteiger partial charge is 0.373 e. The van der Waals surface area contributed by atoms with E-state index in [0.717, 1.165) is 27.0 Å². The van der Waals surface area contributed by atoms with Crippen LogP contribution in [0.3, 0.4) is 0 Å². The summed E-state index contributed by atoms with van der Waals surface area (Å²) in [5, 5.41) is 3.04. The molecule has 1 aromatic heterocycles. The molecule has 0 N–H and O–H groups in total. The zero-order chi connectivity index (χ0) is 19.1. The lowest BCUT2D eigenvalue weighted by molar-refractivity contribution is -0.142. The lowest BCUT2D eigenvalue weighted by Crippen LogP contribution is -2.10. The number of carbonyl (C=O) groups excluding carboxylic acids is 1. The van der Waals surface area contributed by atoms with Gasteiger partial charge in [-0.3, -0.25) is 0 Å². The van der Waals surface area contributed by atoms with Crippen LogP contribution in [0, 0.1) is 0 Å². The molecule has 0 saturated carbocycles. The number of hydrogen-bond donors (Lipinski definition) is 0. The van der Waals surface area contributed by atoms with Crippen LogP contribution >= 0.6 is 11.3 Å². The van der Waals surface area contributed by atoms with Gasteiger partial charge < -0.3 is 14.2 Å². The fraction of sp³-hybridized carbons (Fsp3) is 0.227. The number of carbonyl (C=O) groups is 1. The summed E-state index contributed by atoms with van der Waals surface area (Å²) in [6.45, 7) is 4.83. The van der Waals surface area contributed by atoms with Crippen molar-refractivity contribution >= 4 is 33.5 Å². The summed E-state index contributed by atoms with van der Waals surface area (Å²) in [6, 6.07) is 16.0. The number of thiophene rings is 1. The van der Waals surface area contributed by atoms with Crippen molar-refractivity contribution in [3.63, 3.8) is 0 Å². The normalized spacial score (nSPS) is 11.4. The summed E-state index contributed by atoms with van der Waals surface area (Å²) < 4.78 is 17.6. The molecule has 0 bridgehead atoms. The topological polar surface area (TPSA) is 44.8 Å². The second-order valence-corrected chi connectivity index (χ2v) is 6.67. The van der Waals surface area contributed by atoms with Crippen molar-refractivity contribution in [1.82, 2.24) is 0 Å². The van der Waals surface area contributed by atoms with E-state index in [2.05, 4.69) is 0 Å². The van der Waals surface area contributed by atoms with E-state index >= 15 is 0 Å². The zero-order valence-electron chi connectivity index (χ0n) is 15.4. The highest BCUT2D eigenvalue weighted by Gasteiger charge is 2.14. The van der Waals surface area contributed by atoms with E-state index in [4.69, 9.17) is 14.2 Å². The molecule has 27 heavy (non-hydrogen) atoms. The molecule has 3 aromatic rings. The van der Waals surface area contributed by atoms with E-state index in [-0.39, 0.29) is 5.76 Å². The summed E-state index contributed by atoms with van der Waals surface area (Å²) >= 11 is 1.61. The molecular weight excluding hydrogens is 360 g/mol. The van der Waals surface area contributed by atoms with Gasteiger partial charge in [-0.25, -0.2) is 4.79 Å². The Morgan fingerprint density at radius 3 is 2.52 bits per heavy atom. The Hall–Kier alpha value is -2.79. The van der Waals surface area contributed by atoms with Gasteiger partial charge in [-0.15, -0.1) is 11.3 Å². The van der Waals surface area contributed by atoms with E-state index in [1.54, 1.807) is 24.3 Å². The van der Waals surface area contributed by atoms with Crippen LogP contribution in [0.4, 0.5) is 0 Å². The molecule has 2 aromatic carbocycles. The fourth-order valence-electron chi connectivity index (χ4n) is 2.69. The van der Waals surface area contributed by atoms with Gasteiger partial charge in [0, 0.05) is 5.39 Å². The van der Waals surface area contributed by atoms with Gasteiger partial charge in [0.25, 0.3) is 0 Å². The standard InChI is InChI=1S/C22H22O4S/c1-3-24-20(22(23)25-4-2)14-17-10-11-19(21-18(17)12-13-27-21)26-15-16-8-6-5-7-9-16/h5-14H,3-4,15H2,1-2H3/b20-14-. The van der Waals surface area contributed by atoms with Crippen LogP contribution in [0.5, 0.6) is 5.75 Å². The van der Waals surface area contributed by atoms with Crippen molar-refractivity contribution in [3.05, 3.63) is 70.8 Å². The van der Waals surface area contributed by atoms with Crippen molar-refractivity contribution < 1.29 is 19.0 Å². The van der Waals surface area contributed by atoms with Crippen LogP contribution in [0.2, 0.25) is 0 Å². The monoisotopic (exact) mass is 382 g/mol. The maximum Gasteiger partial charge on any atom is 0.373 e. The second kappa shape index (κ2) is 9.24. The van der Waals surface area contributed by atoms with Gasteiger partial charge in [0.2, 0.25) is 5.76 Å². The van der Waals surface area contributed by atoms with Gasteiger partial charge in [0.05, 0.1) is 17.9 Å². The third-order valence-corrected chi connectivity index (χ3v) is 4.84. The van der Waals surface area contributed by atoms with Crippen molar-refractivity contribution in [2.45, 2.75) is 20.5 Å². The van der Waals surface area contributed by atoms with Crippen LogP contribution < -0.4 is 4.74 Å². The molecule has 5 heteroatoms. The molecule has 4 nitrogen and oxygen atoms in total. The largest absolute Gasteiger partial charge is 0.487 e. The number of hydrogen-bond acceptors (Lipinski definition) is 5. The predicted molar refractivity (Wildman–Crippen MR) is 109 cm³/mol. The molecule has 1 heterocycles. The number of fused-ring (bicyclic) bond motifs is 1. The molecule has 0 fully saturated rings. The Labute approximate surface area is 163 Å². The summed E-state index contributed by atoms with van der Waals surface area (Å²) in [5.74, 6) is 0.590. The first-order valence-corrected chi connectivity index (χ1v) is 9.79. The fourth-order valence-corrected chi connectivity index (χ4v) is 3.59. The molecule has 0 atom stereocenters. The molecule has 0 radical (unpaired) electrons. The van der Waals surface area contributed by atoms with Gasteiger partial charge in [-0.05, 0) is 48.6 Å². The lowest BCUT2D eigenvalue weighted by atomic mass is 10.1. The predicted octanol–water partition coefficient (Wildman–Crippen LogP) is 5.42. The molecule has 3 rings (SSSR count). The average molecular weight is 382 g/mol. The molecule has 0 unspecified atom stereocenters. The maximum atomic E-state index is 12.1. The van der Waals surface area contributed by atoms with E-state index < -0.39 is 5.97 Å². The lowest BCUT2D eigenvalue weighted by Gasteiger charge is -2.10. The minimum absolute atomic E-state index is 0.213. The number of rotatable bonds is 8. The van der Waals surface area contributed by atoms with Crippen LogP contribution in [-0.2, 0) is 20.9 Å². The summed E-state index contributed by atoms with van der Waals surface area (Å²) in [6.07, 6.45) is 1.73. The van der Waals surface area contributed by atoms with Crippen LogP contribution in [0.25, 0.3) is 16.2 Å². The minimum atomic E-state index is -0.452. The Kier molecular flexibility index (Phi) is 6.49. The molecule has 140 valence electrons. The van der Waals surface area contributed by atoms with Crippen molar-refractivity contribution in [2.24, 2.45) is 0 Å². The quantitative estimate of drug-likeness (QED) is 0.296. The highest BCUT2D eigenvalue weighted by atomic mass is 32.1. The number of esters is 1. The van der Waals surface area contributed by atoms with Crippen LogP contribution in [-0.4, -0.2) is 19.2 Å². The minimum Gasteiger partial charge on any atom is -0.487 e. The highest BCUT2D eigenvalue weighted by molar-refractivity contribution is 7.17. The third-order valence-electron chi connectivity index (χ3n) is 3.91. The first-order valence-electron chi connectivity index (χ1n) is 8.91. The van der Waals surface area contributed by atoms with Gasteiger partial charge in [-0.1, -0.05) is 36.4 Å². The second-order valence-electron chi connectivity index (χ2n) is 5.75. The van der Waals surface area contributed by atoms with Crippen LogP contribution in [0.1, 0.15) is 25.0 Å². The zero-order valence-corrected chi connectivity index (χ0v) is 16.3. The average Bonchev–Trinajstić information content (AvgIpc) is 3.18. The molecular formula is C22H22O4S. The van der Waals surface area contributed by atoms with Gasteiger partial charge in [0.15, 0.2) is 0 Å². The van der Waals surface area contributed by atoms with Gasteiger partial charge >= 0.3 is 5.97 Å². The SMILES string of the molecule is CCOC(=O)/C(=C/c1ccc(OCc2ccccc2)c2sccc12)OCC. The van der Waals surface area contributed by atoms with E-state index in [1.807, 2.05) is 60.8 Å². The van der Waals surface area contributed by atoms with Gasteiger partial charge in [-0.2, -0.15) is 0 Å². The third kappa shape index (κ3) is 4.68. The molecule has 0 aliphatic carbocycles. The molecule has 0 spiro atoms. The van der Waals surface area contributed by atoms with Crippen molar-refractivity contribution in [1.29, 1.82) is 0 Å². The Morgan fingerprint density at radius 1 is 1.00 bits per heavy atom. The van der Waals surface area contributed by atoms with E-state index in [9.17, 15) is 4.79 Å². The Bertz CT molecular complexity index is 928. The van der Waals surface area contributed by atoms with E-state index in [1.165, 1.54) is 0 Å². The van der Waals surface area contributed by atoms with E-state index in [0.29, 0.717) is 19.8 Å². The summed E-state index contributed by atoms with van der Waals surface area (Å²) in [4.78, 5) is 12.1. The Balaban J connectivity index is 1.89. The highest BCUT2D eigenvalue weighted by Crippen LogP contribution is 2.34. The van der Waals surface area contributed by atoms with Crippen molar-refractivity contribution in [3.8, 4) is 5.75 Å². The Morgan fingerprint density at radius 2 is 1.78 bits per heavy atom. The summed E-state index contributed by atoms with van der Waals surface area (Å²) in [5.41, 5.74) is 2.02. The summed E-state index contributed by atoms with van der Waals surface area (Å²) in [7, 11) is 0. The molecule has 0 aliphatic heterocycles. The van der Waals surface area contributed by atoms with Gasteiger partial charge in [0.1, 0.15) is 12.4 Å². The van der Waals surface area contributed by atoms with Crippen LogP contribution in [0.15, 0.2) is 59.7 Å². The first-order chi connectivity index (χ1) is 13.2. The molecule has 0 amide bonds. The molecule has 0 aliphatic rings. The number of ether oxygens (including phenoxy) is 3. The van der Waals surface area contributed by atoms with Crippen molar-refractivity contribution in [2.75, 3.05) is 13.2 Å². The number of benzene rings is 2. The first kappa shape index (κ1) is 19.0. The molecule has 0 saturated heterocycles.